The molecular weight excluding hydrogens is 410 g/mol. The maximum atomic E-state index is 5.01. The Balaban J connectivity index is 1.52. The van der Waals surface area contributed by atoms with Crippen LogP contribution in [0.5, 0.6) is 0 Å². The van der Waals surface area contributed by atoms with E-state index in [2.05, 4.69) is 77.4 Å². The molecule has 3 nitrogen and oxygen atoms in total. The zero-order valence-corrected chi connectivity index (χ0v) is 18.0. The fourth-order valence-corrected chi connectivity index (χ4v) is 4.86. The second kappa shape index (κ2) is 7.91. The fraction of sp³-hybridized carbons (Fsp3) is 0. The SMILES string of the molecule is c1ccc(-c2ccc(-n3c(-c4ccccc4)nc4sc(-c5ccccc5)nc43)cc2)cc1. The first-order valence-corrected chi connectivity index (χ1v) is 11.3. The summed E-state index contributed by atoms with van der Waals surface area (Å²) in [5.41, 5.74) is 6.53. The number of thiazole rings is 1. The Kier molecular flexibility index (Phi) is 4.63. The smallest absolute Gasteiger partial charge is 0.177 e. The van der Waals surface area contributed by atoms with E-state index in [1.54, 1.807) is 11.3 Å². The number of benzene rings is 4. The maximum absolute atomic E-state index is 5.01. The van der Waals surface area contributed by atoms with Crippen molar-refractivity contribution >= 4 is 21.8 Å². The molecule has 6 rings (SSSR count). The second-order valence-corrected chi connectivity index (χ2v) is 8.54. The average Bonchev–Trinajstić information content (AvgIpc) is 3.44. The van der Waals surface area contributed by atoms with Crippen LogP contribution in [0.4, 0.5) is 0 Å². The Labute approximate surface area is 190 Å². The predicted molar refractivity (Wildman–Crippen MR) is 133 cm³/mol. The van der Waals surface area contributed by atoms with E-state index < -0.39 is 0 Å². The molecule has 0 aliphatic carbocycles. The first-order chi connectivity index (χ1) is 15.9. The summed E-state index contributed by atoms with van der Waals surface area (Å²) < 4.78 is 2.17. The molecule has 0 fully saturated rings. The van der Waals surface area contributed by atoms with E-state index in [4.69, 9.17) is 9.97 Å². The Morgan fingerprint density at radius 3 is 1.66 bits per heavy atom. The fourth-order valence-electron chi connectivity index (χ4n) is 3.93. The lowest BCUT2D eigenvalue weighted by atomic mass is 10.1. The van der Waals surface area contributed by atoms with Crippen LogP contribution in [0.25, 0.3) is 49.3 Å². The number of imidazole rings is 1. The van der Waals surface area contributed by atoms with E-state index in [0.717, 1.165) is 38.1 Å². The summed E-state index contributed by atoms with van der Waals surface area (Å²) in [7, 11) is 0. The average molecular weight is 430 g/mol. The molecule has 2 heterocycles. The van der Waals surface area contributed by atoms with Gasteiger partial charge in [0.1, 0.15) is 10.8 Å². The molecule has 0 saturated carbocycles. The van der Waals surface area contributed by atoms with Gasteiger partial charge in [0, 0.05) is 16.8 Å². The topological polar surface area (TPSA) is 30.7 Å². The van der Waals surface area contributed by atoms with Gasteiger partial charge in [0.2, 0.25) is 0 Å². The molecule has 152 valence electrons. The second-order valence-electron chi connectivity index (χ2n) is 7.56. The van der Waals surface area contributed by atoms with Crippen LogP contribution < -0.4 is 0 Å². The molecular formula is C28H19N3S. The van der Waals surface area contributed by atoms with Gasteiger partial charge in [-0.1, -0.05) is 114 Å². The van der Waals surface area contributed by atoms with Gasteiger partial charge in [-0.3, -0.25) is 4.57 Å². The molecule has 0 amide bonds. The Morgan fingerprint density at radius 2 is 1.03 bits per heavy atom. The van der Waals surface area contributed by atoms with Crippen LogP contribution in [0.15, 0.2) is 115 Å². The van der Waals surface area contributed by atoms with Gasteiger partial charge in [-0.15, -0.1) is 0 Å². The van der Waals surface area contributed by atoms with Crippen LogP contribution >= 0.6 is 11.3 Å². The van der Waals surface area contributed by atoms with Crippen LogP contribution in [0.1, 0.15) is 0 Å². The molecule has 6 aromatic rings. The highest BCUT2D eigenvalue weighted by Gasteiger charge is 2.19. The van der Waals surface area contributed by atoms with E-state index in [9.17, 15) is 0 Å². The summed E-state index contributed by atoms with van der Waals surface area (Å²) in [5, 5.41) is 0.984. The van der Waals surface area contributed by atoms with Gasteiger partial charge in [0.05, 0.1) is 0 Å². The molecule has 0 aliphatic heterocycles. The first-order valence-electron chi connectivity index (χ1n) is 10.5. The first kappa shape index (κ1) is 18.7. The monoisotopic (exact) mass is 429 g/mol. The van der Waals surface area contributed by atoms with Crippen LogP contribution in [0.3, 0.4) is 0 Å². The quantitative estimate of drug-likeness (QED) is 0.291. The Bertz CT molecular complexity index is 1480. The minimum absolute atomic E-state index is 0.889. The predicted octanol–water partition coefficient (Wildman–Crippen LogP) is 7.48. The van der Waals surface area contributed by atoms with Crippen LogP contribution in [0.2, 0.25) is 0 Å². The van der Waals surface area contributed by atoms with Gasteiger partial charge < -0.3 is 0 Å². The maximum Gasteiger partial charge on any atom is 0.177 e. The molecule has 0 spiro atoms. The lowest BCUT2D eigenvalue weighted by Gasteiger charge is -2.10. The van der Waals surface area contributed by atoms with E-state index in [1.165, 1.54) is 11.1 Å². The van der Waals surface area contributed by atoms with Gasteiger partial charge in [-0.25, -0.2) is 9.97 Å². The molecule has 2 aromatic heterocycles. The highest BCUT2D eigenvalue weighted by atomic mass is 32.1. The van der Waals surface area contributed by atoms with Crippen molar-refractivity contribution in [3.05, 3.63) is 115 Å². The molecule has 0 N–H and O–H groups in total. The number of nitrogens with zero attached hydrogens (tertiary/aromatic N) is 3. The number of hydrogen-bond donors (Lipinski definition) is 0. The minimum atomic E-state index is 0.889. The van der Waals surface area contributed by atoms with Crippen LogP contribution in [-0.2, 0) is 0 Å². The molecule has 4 aromatic carbocycles. The van der Waals surface area contributed by atoms with Gasteiger partial charge in [-0.05, 0) is 23.3 Å². The van der Waals surface area contributed by atoms with E-state index >= 15 is 0 Å². The molecule has 0 bridgehead atoms. The minimum Gasteiger partial charge on any atom is -0.276 e. The third-order valence-electron chi connectivity index (χ3n) is 5.51. The number of hydrogen-bond acceptors (Lipinski definition) is 3. The van der Waals surface area contributed by atoms with Crippen LogP contribution in [-0.4, -0.2) is 14.5 Å². The molecule has 4 heteroatoms. The van der Waals surface area contributed by atoms with Gasteiger partial charge in [0.25, 0.3) is 0 Å². The Hall–Kier alpha value is -4.02. The summed E-state index contributed by atoms with van der Waals surface area (Å²) in [4.78, 5) is 10.9. The summed E-state index contributed by atoms with van der Waals surface area (Å²) in [5.74, 6) is 0.909. The number of aromatic nitrogens is 3. The Morgan fingerprint density at radius 1 is 0.500 bits per heavy atom. The van der Waals surface area contributed by atoms with E-state index in [1.807, 2.05) is 42.5 Å². The highest BCUT2D eigenvalue weighted by Crippen LogP contribution is 2.35. The summed E-state index contributed by atoms with van der Waals surface area (Å²) in [6.45, 7) is 0. The highest BCUT2D eigenvalue weighted by molar-refractivity contribution is 7.21. The zero-order valence-electron chi connectivity index (χ0n) is 17.2. The molecule has 0 unspecified atom stereocenters. The normalized spacial score (nSPS) is 11.1. The van der Waals surface area contributed by atoms with Gasteiger partial charge >= 0.3 is 0 Å². The van der Waals surface area contributed by atoms with Crippen molar-refractivity contribution in [1.29, 1.82) is 0 Å². The van der Waals surface area contributed by atoms with Crippen molar-refractivity contribution in [1.82, 2.24) is 14.5 Å². The summed E-state index contributed by atoms with van der Waals surface area (Å²) in [6, 6.07) is 39.7. The van der Waals surface area contributed by atoms with Crippen molar-refractivity contribution in [2.45, 2.75) is 0 Å². The summed E-state index contributed by atoms with van der Waals surface area (Å²) in [6.07, 6.45) is 0. The largest absolute Gasteiger partial charge is 0.276 e. The van der Waals surface area contributed by atoms with Crippen molar-refractivity contribution < 1.29 is 0 Å². The third kappa shape index (κ3) is 3.31. The molecule has 32 heavy (non-hydrogen) atoms. The zero-order chi connectivity index (χ0) is 21.3. The molecule has 0 aliphatic rings. The number of fused-ring (bicyclic) bond motifs is 1. The van der Waals surface area contributed by atoms with Crippen molar-refractivity contribution in [2.24, 2.45) is 0 Å². The van der Waals surface area contributed by atoms with E-state index in [0.29, 0.717) is 0 Å². The lowest BCUT2D eigenvalue weighted by molar-refractivity contribution is 1.08. The molecule has 0 saturated heterocycles. The number of rotatable bonds is 4. The van der Waals surface area contributed by atoms with Gasteiger partial charge in [0.15, 0.2) is 10.5 Å². The van der Waals surface area contributed by atoms with Gasteiger partial charge in [-0.2, -0.15) is 0 Å². The summed E-state index contributed by atoms with van der Waals surface area (Å²) >= 11 is 1.63. The lowest BCUT2D eigenvalue weighted by Crippen LogP contribution is -1.98. The van der Waals surface area contributed by atoms with Crippen molar-refractivity contribution in [3.63, 3.8) is 0 Å². The van der Waals surface area contributed by atoms with Crippen molar-refractivity contribution in [3.8, 4) is 38.8 Å². The van der Waals surface area contributed by atoms with E-state index in [-0.39, 0.29) is 0 Å². The third-order valence-corrected chi connectivity index (χ3v) is 6.50. The molecule has 0 atom stereocenters. The standard InChI is InChI=1S/C28H19N3S/c1-4-10-20(11-5-1)21-16-18-24(19-17-21)31-25(22-12-6-2-7-13-22)29-28-26(31)30-27(32-28)23-14-8-3-9-15-23/h1-19H. The van der Waals surface area contributed by atoms with Crippen LogP contribution in [0, 0.1) is 0 Å². The van der Waals surface area contributed by atoms with Crippen molar-refractivity contribution in [2.75, 3.05) is 0 Å². The molecule has 0 radical (unpaired) electrons.